The number of hydrogen-bond donors (Lipinski definition) is 1. The van der Waals surface area contributed by atoms with E-state index in [0.717, 1.165) is 109 Å². The van der Waals surface area contributed by atoms with Crippen molar-refractivity contribution in [1.82, 2.24) is 0 Å². The van der Waals surface area contributed by atoms with E-state index in [9.17, 15) is 19.0 Å². The SMILES string of the molecule is CC/C=C\C/C=C\C/C=C\C/C=C\C/C=C\C/C=C\C/C=C\CCCCCCCCCC(=O)OC(COC(=O)CCCCC/C=C\C/C=C\C/C=C\CC)COP(=O)(O)OCC[N+](C)(C)C. The van der Waals surface area contributed by atoms with Gasteiger partial charge >= 0.3 is 19.8 Å². The molecule has 0 bridgehead atoms. The fourth-order valence-corrected chi connectivity index (χ4v) is 6.87. The smallest absolute Gasteiger partial charge is 0.462 e. The minimum Gasteiger partial charge on any atom is -0.462 e. The van der Waals surface area contributed by atoms with Crippen LogP contribution in [0.2, 0.25) is 0 Å². The second-order valence-electron chi connectivity index (χ2n) is 17.4. The van der Waals surface area contributed by atoms with Gasteiger partial charge in [-0.2, -0.15) is 0 Å². The Balaban J connectivity index is 4.29. The van der Waals surface area contributed by atoms with E-state index in [1.807, 2.05) is 21.1 Å². The van der Waals surface area contributed by atoms with Crippen LogP contribution in [-0.4, -0.2) is 74.9 Å². The van der Waals surface area contributed by atoms with Gasteiger partial charge in [0.2, 0.25) is 0 Å². The first-order chi connectivity index (χ1) is 32.0. The van der Waals surface area contributed by atoms with Crippen molar-refractivity contribution in [2.45, 2.75) is 174 Å². The number of esters is 2. The van der Waals surface area contributed by atoms with E-state index >= 15 is 0 Å². The van der Waals surface area contributed by atoms with E-state index in [-0.39, 0.29) is 26.1 Å². The molecule has 0 fully saturated rings. The van der Waals surface area contributed by atoms with Gasteiger partial charge < -0.3 is 18.9 Å². The number of allylic oxidation sites excluding steroid dienone is 20. The molecule has 9 nitrogen and oxygen atoms in total. The van der Waals surface area contributed by atoms with Crippen molar-refractivity contribution >= 4 is 19.8 Å². The maximum absolute atomic E-state index is 12.8. The Kier molecular flexibility index (Phi) is 44.0. The van der Waals surface area contributed by atoms with Crippen LogP contribution in [0, 0.1) is 0 Å². The number of likely N-dealkylation sites (N-methyl/N-ethyl adjacent to an activating group) is 1. The van der Waals surface area contributed by atoms with E-state index in [1.54, 1.807) is 0 Å². The lowest BCUT2D eigenvalue weighted by Crippen LogP contribution is -2.37. The molecular formula is C56H93NO8P+. The van der Waals surface area contributed by atoms with E-state index in [4.69, 9.17) is 18.5 Å². The lowest BCUT2D eigenvalue weighted by Gasteiger charge is -2.24. The molecular weight excluding hydrogens is 846 g/mol. The van der Waals surface area contributed by atoms with Crippen LogP contribution in [0.5, 0.6) is 0 Å². The summed E-state index contributed by atoms with van der Waals surface area (Å²) >= 11 is 0. The Morgan fingerprint density at radius 1 is 0.470 bits per heavy atom. The van der Waals surface area contributed by atoms with Crippen molar-refractivity contribution in [1.29, 1.82) is 0 Å². The monoisotopic (exact) mass is 939 g/mol. The number of carbonyl (C=O) groups is 2. The molecule has 0 spiro atoms. The van der Waals surface area contributed by atoms with Crippen LogP contribution >= 0.6 is 7.82 Å². The molecule has 0 aliphatic carbocycles. The molecule has 0 saturated carbocycles. The Morgan fingerprint density at radius 2 is 0.818 bits per heavy atom. The lowest BCUT2D eigenvalue weighted by atomic mass is 10.1. The zero-order chi connectivity index (χ0) is 48.5. The van der Waals surface area contributed by atoms with Crippen molar-refractivity contribution in [3.63, 3.8) is 0 Å². The van der Waals surface area contributed by atoms with Crippen LogP contribution in [0.3, 0.4) is 0 Å². The summed E-state index contributed by atoms with van der Waals surface area (Å²) in [4.78, 5) is 35.5. The molecule has 0 rings (SSSR count). The highest BCUT2D eigenvalue weighted by atomic mass is 31.2. The largest absolute Gasteiger partial charge is 0.472 e. The summed E-state index contributed by atoms with van der Waals surface area (Å²) in [5, 5.41) is 0. The van der Waals surface area contributed by atoms with Gasteiger partial charge in [-0.25, -0.2) is 4.57 Å². The number of unbranched alkanes of at least 4 members (excludes halogenated alkanes) is 10. The van der Waals surface area contributed by atoms with Crippen molar-refractivity contribution in [2.75, 3.05) is 47.5 Å². The second-order valence-corrected chi connectivity index (χ2v) is 18.9. The van der Waals surface area contributed by atoms with E-state index in [0.29, 0.717) is 23.9 Å². The zero-order valence-electron chi connectivity index (χ0n) is 42.1. The molecule has 10 heteroatoms. The molecule has 0 aromatic carbocycles. The molecule has 1 N–H and O–H groups in total. The van der Waals surface area contributed by atoms with Crippen LogP contribution in [0.1, 0.15) is 168 Å². The molecule has 0 amide bonds. The molecule has 0 radical (unpaired) electrons. The highest BCUT2D eigenvalue weighted by Crippen LogP contribution is 2.43. The first-order valence-corrected chi connectivity index (χ1v) is 26.8. The van der Waals surface area contributed by atoms with Crippen molar-refractivity contribution in [3.8, 4) is 0 Å². The van der Waals surface area contributed by atoms with Crippen LogP contribution in [0.15, 0.2) is 122 Å². The number of rotatable bonds is 44. The molecule has 0 heterocycles. The van der Waals surface area contributed by atoms with Crippen molar-refractivity contribution in [2.24, 2.45) is 0 Å². The predicted molar refractivity (Wildman–Crippen MR) is 279 cm³/mol. The zero-order valence-corrected chi connectivity index (χ0v) is 43.0. The third kappa shape index (κ3) is 49.8. The van der Waals surface area contributed by atoms with Gasteiger partial charge in [-0.3, -0.25) is 18.6 Å². The van der Waals surface area contributed by atoms with E-state index in [2.05, 4.69) is 135 Å². The maximum Gasteiger partial charge on any atom is 0.472 e. The summed E-state index contributed by atoms with van der Waals surface area (Å²) in [6.07, 6.45) is 65.5. The average Bonchev–Trinajstić information content (AvgIpc) is 3.27. The van der Waals surface area contributed by atoms with Crippen LogP contribution in [0.25, 0.3) is 0 Å². The molecule has 0 aromatic heterocycles. The van der Waals surface area contributed by atoms with Crippen molar-refractivity contribution in [3.05, 3.63) is 122 Å². The Labute approximate surface area is 403 Å². The predicted octanol–water partition coefficient (Wildman–Crippen LogP) is 15.2. The second kappa shape index (κ2) is 46.5. The summed E-state index contributed by atoms with van der Waals surface area (Å²) in [6.45, 7) is 4.12. The molecule has 0 saturated heterocycles. The normalized spacial score (nSPS) is 14.5. The van der Waals surface area contributed by atoms with Crippen LogP contribution < -0.4 is 0 Å². The molecule has 66 heavy (non-hydrogen) atoms. The molecule has 0 aliphatic heterocycles. The van der Waals surface area contributed by atoms with Gasteiger partial charge in [-0.15, -0.1) is 0 Å². The standard InChI is InChI=1S/C56H92NO8P/c1-6-8-10-12-14-16-18-20-21-22-23-24-25-26-27-28-29-30-31-32-33-34-35-37-39-41-43-45-47-49-56(59)65-54(53-64-66(60,61)63-51-50-57(3,4)5)52-62-55(58)48-46-44-42-40-38-36-19-17-15-13-11-9-7-2/h8-11,14-17,20-21,23-24,26-27,29-30,32-33,36,38,54H,6-7,12-13,18-19,22,25,28,31,34-35,37,39-53H2,1-5H3/p+1/b10-8-,11-9-,16-14-,17-15-,21-20-,24-23-,27-26-,30-29-,33-32-,38-36-. The summed E-state index contributed by atoms with van der Waals surface area (Å²) in [5.74, 6) is -0.858. The Hall–Kier alpha value is -3.59. The Morgan fingerprint density at radius 3 is 1.23 bits per heavy atom. The topological polar surface area (TPSA) is 108 Å². The third-order valence-corrected chi connectivity index (χ3v) is 11.0. The van der Waals surface area contributed by atoms with Gasteiger partial charge in [0, 0.05) is 12.8 Å². The van der Waals surface area contributed by atoms with Gasteiger partial charge in [0.05, 0.1) is 27.7 Å². The van der Waals surface area contributed by atoms with Gasteiger partial charge in [0.15, 0.2) is 6.10 Å². The summed E-state index contributed by atoms with van der Waals surface area (Å²) in [5.41, 5.74) is 0. The highest BCUT2D eigenvalue weighted by Gasteiger charge is 2.27. The summed E-state index contributed by atoms with van der Waals surface area (Å²) < 4.78 is 34.3. The number of hydrogen-bond acceptors (Lipinski definition) is 7. The number of nitrogens with zero attached hydrogens (tertiary/aromatic N) is 1. The maximum atomic E-state index is 12.8. The van der Waals surface area contributed by atoms with Gasteiger partial charge in [-0.1, -0.05) is 174 Å². The first kappa shape index (κ1) is 62.4. The molecule has 2 unspecified atom stereocenters. The fraction of sp³-hybridized carbons (Fsp3) is 0.607. The molecule has 374 valence electrons. The minimum absolute atomic E-state index is 0.0171. The number of carbonyl (C=O) groups excluding carboxylic acids is 2. The number of phosphoric ester groups is 1. The summed E-state index contributed by atoms with van der Waals surface area (Å²) in [6, 6.07) is 0. The minimum atomic E-state index is -4.40. The van der Waals surface area contributed by atoms with Gasteiger partial charge in [-0.05, 0) is 103 Å². The fourth-order valence-electron chi connectivity index (χ4n) is 6.12. The van der Waals surface area contributed by atoms with Gasteiger partial charge in [0.1, 0.15) is 19.8 Å². The molecule has 2 atom stereocenters. The molecule has 0 aliphatic rings. The third-order valence-electron chi connectivity index (χ3n) is 9.99. The lowest BCUT2D eigenvalue weighted by molar-refractivity contribution is -0.870. The van der Waals surface area contributed by atoms with Crippen LogP contribution in [0.4, 0.5) is 0 Å². The first-order valence-electron chi connectivity index (χ1n) is 25.3. The van der Waals surface area contributed by atoms with E-state index < -0.39 is 32.5 Å². The average molecular weight is 939 g/mol. The molecule has 0 aromatic rings. The van der Waals surface area contributed by atoms with Gasteiger partial charge in [0.25, 0.3) is 0 Å². The van der Waals surface area contributed by atoms with Crippen LogP contribution in [-0.2, 0) is 32.7 Å². The Bertz CT molecular complexity index is 1530. The summed E-state index contributed by atoms with van der Waals surface area (Å²) in [7, 11) is 1.43. The highest BCUT2D eigenvalue weighted by molar-refractivity contribution is 7.47. The quantitative estimate of drug-likeness (QED) is 0.0212. The number of phosphoric acid groups is 1. The number of quaternary nitrogens is 1. The van der Waals surface area contributed by atoms with Crippen molar-refractivity contribution < 1.29 is 42.1 Å². The number of ether oxygens (including phenoxy) is 2. The van der Waals surface area contributed by atoms with E-state index in [1.165, 1.54) is 19.3 Å².